The molecule has 0 spiro atoms. The summed E-state index contributed by atoms with van der Waals surface area (Å²) in [7, 11) is 1.31. The highest BCUT2D eigenvalue weighted by Crippen LogP contribution is 2.35. The quantitative estimate of drug-likeness (QED) is 0.219. The molecule has 0 fully saturated rings. The summed E-state index contributed by atoms with van der Waals surface area (Å²) < 4.78 is 0.888. The number of aliphatic hydroxyl groups excluding tert-OH is 3. The summed E-state index contributed by atoms with van der Waals surface area (Å²) in [6.07, 6.45) is 0. The lowest BCUT2D eigenvalue weighted by Crippen LogP contribution is -2.58. The van der Waals surface area contributed by atoms with Crippen LogP contribution in [0.3, 0.4) is 0 Å². The van der Waals surface area contributed by atoms with Gasteiger partial charge in [0.05, 0.1) is 43.8 Å². The Hall–Kier alpha value is 0.0300. The zero-order chi connectivity index (χ0) is 18.8. The topological polar surface area (TPSA) is 144 Å². The summed E-state index contributed by atoms with van der Waals surface area (Å²) >= 11 is 5.41. The fourth-order valence-electron chi connectivity index (χ4n) is 1.91. The number of rotatable bonds is 6. The zero-order valence-corrected chi connectivity index (χ0v) is 18.9. The predicted molar refractivity (Wildman–Crippen MR) is 112 cm³/mol. The van der Waals surface area contributed by atoms with Crippen molar-refractivity contribution in [3.8, 4) is 0 Å². The summed E-state index contributed by atoms with van der Waals surface area (Å²) in [5, 5.41) is 37.8. The Kier molecular flexibility index (Phi) is 7.92. The van der Waals surface area contributed by atoms with Gasteiger partial charge in [-0.15, -0.1) is 0 Å². The van der Waals surface area contributed by atoms with Crippen LogP contribution in [0.25, 0.3) is 0 Å². The minimum absolute atomic E-state index is 0.0498. The molecule has 0 saturated heterocycles. The first-order valence-electron chi connectivity index (χ1n) is 6.39. The highest BCUT2D eigenvalue weighted by atomic mass is 127. The molecule has 134 valence electrons. The molecule has 0 saturated carbocycles. The molecule has 6 N–H and O–H groups in total. The molecule has 0 aliphatic heterocycles. The Balaban J connectivity index is 3.63. The Labute approximate surface area is 178 Å². The Bertz CT molecular complexity index is 670. The molecule has 0 atom stereocenters. The number of aromatic carboxylic acids is 1. The highest BCUT2D eigenvalue weighted by molar-refractivity contribution is 14.1. The average Bonchev–Trinajstić information content (AvgIpc) is 2.54. The van der Waals surface area contributed by atoms with Gasteiger partial charge < -0.3 is 31.1 Å². The number of carboxylic acids is 1. The maximum atomic E-state index is 12.9. The van der Waals surface area contributed by atoms with E-state index in [1.807, 2.05) is 22.6 Å². The number of carboxylic acid groups (broad SMARTS) is 1. The van der Waals surface area contributed by atoms with Crippen LogP contribution in [0.2, 0.25) is 0 Å². The van der Waals surface area contributed by atoms with Crippen molar-refractivity contribution < 1.29 is 30.0 Å². The Morgan fingerprint density at radius 3 is 1.79 bits per heavy atom. The number of benzene rings is 1. The molecular formula is C13H15I3N2O6. The lowest BCUT2D eigenvalue weighted by atomic mass is 9.99. The maximum absolute atomic E-state index is 12.9. The van der Waals surface area contributed by atoms with Crippen LogP contribution < -0.4 is 5.73 Å². The van der Waals surface area contributed by atoms with Crippen LogP contribution in [0, 0.1) is 10.7 Å². The highest BCUT2D eigenvalue weighted by Gasteiger charge is 2.38. The van der Waals surface area contributed by atoms with Crippen molar-refractivity contribution in [3.05, 3.63) is 21.8 Å². The fourth-order valence-corrected chi connectivity index (χ4v) is 6.00. The van der Waals surface area contributed by atoms with Gasteiger partial charge in [0.2, 0.25) is 0 Å². The van der Waals surface area contributed by atoms with Crippen molar-refractivity contribution in [2.75, 3.05) is 32.6 Å². The average molecular weight is 676 g/mol. The molecule has 8 nitrogen and oxygen atoms in total. The first kappa shape index (κ1) is 22.1. The number of likely N-dealkylation sites (N-methyl/N-ethyl adjacent to an activating group) is 1. The standard InChI is InChI=1S/C13H15I3N2O6/c1-18(13(2-19,3-20)4-21)11(22)5-7(14)6(12(23)24)9(16)10(17)8(5)15/h19-21H,2-4,17H2,1H3,(H,23,24). The third kappa shape index (κ3) is 3.74. The minimum Gasteiger partial charge on any atom is -0.478 e. The van der Waals surface area contributed by atoms with E-state index in [0.29, 0.717) is 7.14 Å². The predicted octanol–water partition coefficient (Wildman–Crippen LogP) is 0.569. The number of nitrogens with zero attached hydrogens (tertiary/aromatic N) is 1. The van der Waals surface area contributed by atoms with Crippen molar-refractivity contribution in [2.24, 2.45) is 0 Å². The summed E-state index contributed by atoms with van der Waals surface area (Å²) in [5.74, 6) is -1.88. The van der Waals surface area contributed by atoms with Crippen molar-refractivity contribution in [1.82, 2.24) is 4.90 Å². The second-order valence-electron chi connectivity index (χ2n) is 4.97. The fraction of sp³-hybridized carbons (Fsp3) is 0.385. The van der Waals surface area contributed by atoms with E-state index in [0.717, 1.165) is 4.90 Å². The number of amides is 1. The lowest BCUT2D eigenvalue weighted by molar-refractivity contribution is -0.0249. The van der Waals surface area contributed by atoms with E-state index in [4.69, 9.17) is 5.73 Å². The summed E-state index contributed by atoms with van der Waals surface area (Å²) in [6.45, 7) is -2.00. The van der Waals surface area contributed by atoms with Crippen molar-refractivity contribution in [3.63, 3.8) is 0 Å². The molecule has 0 aliphatic rings. The number of nitrogen functional groups attached to an aromatic ring is 1. The van der Waals surface area contributed by atoms with E-state index < -0.39 is 37.2 Å². The molecule has 0 aromatic heterocycles. The monoisotopic (exact) mass is 676 g/mol. The molecule has 1 aromatic carbocycles. The number of nitrogens with two attached hydrogens (primary N) is 1. The SMILES string of the molecule is CN(C(=O)c1c(I)c(N)c(I)c(C(=O)O)c1I)C(CO)(CO)CO. The van der Waals surface area contributed by atoms with Gasteiger partial charge in [-0.05, 0) is 67.8 Å². The first-order valence-corrected chi connectivity index (χ1v) is 9.63. The van der Waals surface area contributed by atoms with E-state index in [1.165, 1.54) is 7.05 Å². The van der Waals surface area contributed by atoms with E-state index in [9.17, 15) is 30.0 Å². The minimum atomic E-state index is -1.58. The van der Waals surface area contributed by atoms with Gasteiger partial charge in [-0.3, -0.25) is 4.79 Å². The smallest absolute Gasteiger partial charge is 0.337 e. The van der Waals surface area contributed by atoms with Gasteiger partial charge in [0, 0.05) is 10.6 Å². The van der Waals surface area contributed by atoms with Gasteiger partial charge in [-0.1, -0.05) is 0 Å². The van der Waals surface area contributed by atoms with Crippen molar-refractivity contribution in [2.45, 2.75) is 5.54 Å². The van der Waals surface area contributed by atoms with Gasteiger partial charge in [0.1, 0.15) is 5.54 Å². The van der Waals surface area contributed by atoms with E-state index in [-0.39, 0.29) is 20.4 Å². The summed E-state index contributed by atoms with van der Waals surface area (Å²) in [4.78, 5) is 25.4. The maximum Gasteiger partial charge on any atom is 0.337 e. The third-order valence-electron chi connectivity index (χ3n) is 3.68. The molecule has 0 radical (unpaired) electrons. The number of hydrogen-bond acceptors (Lipinski definition) is 6. The van der Waals surface area contributed by atoms with Gasteiger partial charge in [-0.2, -0.15) is 0 Å². The molecule has 1 rings (SSSR count). The molecular weight excluding hydrogens is 661 g/mol. The first-order chi connectivity index (χ1) is 11.1. The number of anilines is 1. The summed E-state index contributed by atoms with van der Waals surface area (Å²) in [5.41, 5.74) is 4.48. The lowest BCUT2D eigenvalue weighted by Gasteiger charge is -2.38. The zero-order valence-electron chi connectivity index (χ0n) is 12.4. The molecule has 0 bridgehead atoms. The van der Waals surface area contributed by atoms with Crippen LogP contribution in [-0.2, 0) is 0 Å². The Morgan fingerprint density at radius 1 is 1.00 bits per heavy atom. The number of halogens is 3. The molecule has 0 aliphatic carbocycles. The van der Waals surface area contributed by atoms with Crippen LogP contribution in [0.4, 0.5) is 5.69 Å². The molecule has 0 unspecified atom stereocenters. The number of carbonyl (C=O) groups is 2. The Morgan fingerprint density at radius 2 is 1.42 bits per heavy atom. The van der Waals surface area contributed by atoms with Crippen molar-refractivity contribution >= 4 is 85.3 Å². The molecule has 24 heavy (non-hydrogen) atoms. The van der Waals surface area contributed by atoms with Gasteiger partial charge >= 0.3 is 5.97 Å². The number of carbonyl (C=O) groups excluding carboxylic acids is 1. The molecule has 0 heterocycles. The number of aliphatic hydroxyl groups is 3. The molecule has 1 aromatic rings. The van der Waals surface area contributed by atoms with Crippen LogP contribution in [0.1, 0.15) is 20.7 Å². The van der Waals surface area contributed by atoms with E-state index >= 15 is 0 Å². The van der Waals surface area contributed by atoms with Crippen LogP contribution in [0.5, 0.6) is 0 Å². The number of hydrogen-bond donors (Lipinski definition) is 5. The third-order valence-corrected chi connectivity index (χ3v) is 7.00. The van der Waals surface area contributed by atoms with Crippen molar-refractivity contribution in [1.29, 1.82) is 0 Å². The second-order valence-corrected chi connectivity index (χ2v) is 8.21. The van der Waals surface area contributed by atoms with Crippen LogP contribution in [-0.4, -0.2) is 69.6 Å². The normalized spacial score (nSPS) is 11.5. The van der Waals surface area contributed by atoms with Crippen LogP contribution in [0.15, 0.2) is 0 Å². The largest absolute Gasteiger partial charge is 0.478 e. The summed E-state index contributed by atoms with van der Waals surface area (Å²) in [6, 6.07) is 0. The van der Waals surface area contributed by atoms with Gasteiger partial charge in [0.15, 0.2) is 0 Å². The molecule has 11 heteroatoms. The van der Waals surface area contributed by atoms with Gasteiger partial charge in [-0.25, -0.2) is 4.79 Å². The van der Waals surface area contributed by atoms with Gasteiger partial charge in [0.25, 0.3) is 5.91 Å². The molecule has 1 amide bonds. The van der Waals surface area contributed by atoms with Crippen LogP contribution >= 0.6 is 67.8 Å². The van der Waals surface area contributed by atoms with E-state index in [2.05, 4.69) is 0 Å². The second kappa shape index (κ2) is 8.61. The van der Waals surface area contributed by atoms with E-state index in [1.54, 1.807) is 45.2 Å².